The topological polar surface area (TPSA) is 3.24 Å². The van der Waals surface area contributed by atoms with Gasteiger partial charge in [0.25, 0.3) is 0 Å². The number of benzene rings is 3. The zero-order chi connectivity index (χ0) is 15.5. The first-order valence-electron chi connectivity index (χ1n) is 7.65. The number of rotatable bonds is 3. The second-order valence-corrected chi connectivity index (χ2v) is 5.69. The Balaban J connectivity index is 2.27. The van der Waals surface area contributed by atoms with E-state index in [0.717, 1.165) is 0 Å². The van der Waals surface area contributed by atoms with E-state index in [1.807, 2.05) is 0 Å². The summed E-state index contributed by atoms with van der Waals surface area (Å²) in [6, 6.07) is 25.6. The summed E-state index contributed by atoms with van der Waals surface area (Å²) in [6.45, 7) is 6.50. The second kappa shape index (κ2) is 6.07. The molecule has 1 heteroatoms. The molecule has 0 atom stereocenters. The number of nitrogens with zero attached hydrogens (tertiary/aromatic N) is 1. The number of anilines is 3. The summed E-state index contributed by atoms with van der Waals surface area (Å²) >= 11 is 0. The van der Waals surface area contributed by atoms with Gasteiger partial charge in [0.1, 0.15) is 0 Å². The van der Waals surface area contributed by atoms with Gasteiger partial charge in [-0.3, -0.25) is 0 Å². The van der Waals surface area contributed by atoms with Crippen molar-refractivity contribution in [3.8, 4) is 0 Å². The molecule has 22 heavy (non-hydrogen) atoms. The zero-order valence-corrected chi connectivity index (χ0v) is 13.4. The molecule has 0 amide bonds. The Morgan fingerprint density at radius 1 is 0.455 bits per heavy atom. The van der Waals surface area contributed by atoms with Gasteiger partial charge in [0.05, 0.1) is 0 Å². The molecule has 0 aliphatic rings. The summed E-state index contributed by atoms with van der Waals surface area (Å²) in [4.78, 5) is 2.36. The van der Waals surface area contributed by atoms with Gasteiger partial charge in [0, 0.05) is 17.1 Å². The van der Waals surface area contributed by atoms with Gasteiger partial charge in [-0.25, -0.2) is 0 Å². The molecular formula is C21H21N. The van der Waals surface area contributed by atoms with E-state index in [1.54, 1.807) is 0 Å². The molecule has 0 bridgehead atoms. The summed E-state index contributed by atoms with van der Waals surface area (Å²) in [5, 5.41) is 0. The minimum absolute atomic E-state index is 1.23. The van der Waals surface area contributed by atoms with Crippen LogP contribution < -0.4 is 4.90 Å². The smallest absolute Gasteiger partial charge is 0.0491 e. The molecule has 110 valence electrons. The van der Waals surface area contributed by atoms with Crippen molar-refractivity contribution in [2.45, 2.75) is 20.8 Å². The van der Waals surface area contributed by atoms with Gasteiger partial charge in [-0.2, -0.15) is 0 Å². The number of aryl methyl sites for hydroxylation is 3. The Hall–Kier alpha value is -2.54. The van der Waals surface area contributed by atoms with E-state index in [4.69, 9.17) is 0 Å². The normalized spacial score (nSPS) is 10.5. The van der Waals surface area contributed by atoms with Crippen LogP contribution in [0.1, 0.15) is 16.7 Å². The van der Waals surface area contributed by atoms with E-state index in [9.17, 15) is 0 Å². The van der Waals surface area contributed by atoms with E-state index in [-0.39, 0.29) is 0 Å². The molecule has 0 fully saturated rings. The Morgan fingerprint density at radius 3 is 1.00 bits per heavy atom. The average Bonchev–Trinajstić information content (AvgIpc) is 2.53. The number of hydrogen-bond donors (Lipinski definition) is 0. The van der Waals surface area contributed by atoms with E-state index < -0.39 is 0 Å². The van der Waals surface area contributed by atoms with Crippen molar-refractivity contribution >= 4 is 17.1 Å². The molecule has 0 aliphatic heterocycles. The minimum Gasteiger partial charge on any atom is -0.310 e. The van der Waals surface area contributed by atoms with Gasteiger partial charge in [-0.1, -0.05) is 54.6 Å². The fourth-order valence-electron chi connectivity index (χ4n) is 2.83. The molecular weight excluding hydrogens is 266 g/mol. The van der Waals surface area contributed by atoms with Crippen LogP contribution in [0, 0.1) is 20.8 Å². The summed E-state index contributed by atoms with van der Waals surface area (Å²) in [5.41, 5.74) is 7.50. The molecule has 0 saturated heterocycles. The van der Waals surface area contributed by atoms with Gasteiger partial charge in [0.2, 0.25) is 0 Å². The second-order valence-electron chi connectivity index (χ2n) is 5.69. The quantitative estimate of drug-likeness (QED) is 0.564. The predicted molar refractivity (Wildman–Crippen MR) is 95.3 cm³/mol. The fraction of sp³-hybridized carbons (Fsp3) is 0.143. The van der Waals surface area contributed by atoms with E-state index in [0.29, 0.717) is 0 Å². The summed E-state index contributed by atoms with van der Waals surface area (Å²) in [7, 11) is 0. The first-order valence-corrected chi connectivity index (χ1v) is 7.65. The first-order chi connectivity index (χ1) is 10.7. The van der Waals surface area contributed by atoms with Crippen LogP contribution in [0.25, 0.3) is 0 Å². The Labute approximate surface area is 132 Å². The highest BCUT2D eigenvalue weighted by atomic mass is 15.1. The van der Waals surface area contributed by atoms with Crippen molar-refractivity contribution in [2.24, 2.45) is 0 Å². The Kier molecular flexibility index (Phi) is 3.97. The average molecular weight is 287 g/mol. The molecule has 0 radical (unpaired) electrons. The lowest BCUT2D eigenvalue weighted by Crippen LogP contribution is -2.13. The largest absolute Gasteiger partial charge is 0.310 e. The predicted octanol–water partition coefficient (Wildman–Crippen LogP) is 6.08. The molecule has 0 N–H and O–H groups in total. The molecule has 0 spiro atoms. The molecule has 0 unspecified atom stereocenters. The first kappa shape index (κ1) is 14.4. The lowest BCUT2D eigenvalue weighted by Gasteiger charge is -2.29. The SMILES string of the molecule is Cc1ccccc1N(c1ccccc1C)c1ccccc1C. The van der Waals surface area contributed by atoms with Gasteiger partial charge in [-0.15, -0.1) is 0 Å². The standard InChI is InChI=1S/C21H21N/c1-16-10-4-7-13-19(16)22(20-14-8-5-11-17(20)2)21-15-9-6-12-18(21)3/h4-15H,1-3H3. The maximum atomic E-state index is 2.36. The van der Waals surface area contributed by atoms with Gasteiger partial charge in [0.15, 0.2) is 0 Å². The molecule has 0 saturated carbocycles. The van der Waals surface area contributed by atoms with Crippen LogP contribution in [0.5, 0.6) is 0 Å². The van der Waals surface area contributed by atoms with Crippen molar-refractivity contribution in [2.75, 3.05) is 4.90 Å². The highest BCUT2D eigenvalue weighted by Crippen LogP contribution is 2.39. The van der Waals surface area contributed by atoms with E-state index in [2.05, 4.69) is 98.5 Å². The van der Waals surface area contributed by atoms with Gasteiger partial charge >= 0.3 is 0 Å². The van der Waals surface area contributed by atoms with Crippen LogP contribution in [0.4, 0.5) is 17.1 Å². The molecule has 3 rings (SSSR count). The van der Waals surface area contributed by atoms with Crippen molar-refractivity contribution in [3.05, 3.63) is 89.5 Å². The molecule has 1 nitrogen and oxygen atoms in total. The van der Waals surface area contributed by atoms with Gasteiger partial charge in [-0.05, 0) is 55.7 Å². The zero-order valence-electron chi connectivity index (χ0n) is 13.4. The van der Waals surface area contributed by atoms with Crippen molar-refractivity contribution in [1.82, 2.24) is 0 Å². The highest BCUT2D eigenvalue weighted by Gasteiger charge is 2.16. The van der Waals surface area contributed by atoms with Crippen LogP contribution in [0.3, 0.4) is 0 Å². The summed E-state index contributed by atoms with van der Waals surface area (Å²) in [6.07, 6.45) is 0. The van der Waals surface area contributed by atoms with Crippen LogP contribution in [0.15, 0.2) is 72.8 Å². The third-order valence-electron chi connectivity index (χ3n) is 4.07. The van der Waals surface area contributed by atoms with Crippen LogP contribution in [0.2, 0.25) is 0 Å². The lowest BCUT2D eigenvalue weighted by atomic mass is 10.1. The fourth-order valence-corrected chi connectivity index (χ4v) is 2.83. The highest BCUT2D eigenvalue weighted by molar-refractivity contribution is 5.81. The Morgan fingerprint density at radius 2 is 0.727 bits per heavy atom. The van der Waals surface area contributed by atoms with Crippen molar-refractivity contribution in [1.29, 1.82) is 0 Å². The Bertz CT molecular complexity index is 681. The molecule has 0 aliphatic carbocycles. The number of hydrogen-bond acceptors (Lipinski definition) is 1. The molecule has 3 aromatic carbocycles. The molecule has 0 aromatic heterocycles. The summed E-state index contributed by atoms with van der Waals surface area (Å²) in [5.74, 6) is 0. The third-order valence-corrected chi connectivity index (χ3v) is 4.07. The van der Waals surface area contributed by atoms with E-state index >= 15 is 0 Å². The number of para-hydroxylation sites is 3. The minimum atomic E-state index is 1.23. The maximum Gasteiger partial charge on any atom is 0.0491 e. The van der Waals surface area contributed by atoms with Crippen LogP contribution in [-0.2, 0) is 0 Å². The monoisotopic (exact) mass is 287 g/mol. The van der Waals surface area contributed by atoms with Gasteiger partial charge < -0.3 is 4.90 Å². The molecule has 3 aromatic rings. The third kappa shape index (κ3) is 2.62. The van der Waals surface area contributed by atoms with Crippen LogP contribution >= 0.6 is 0 Å². The van der Waals surface area contributed by atoms with Crippen molar-refractivity contribution in [3.63, 3.8) is 0 Å². The van der Waals surface area contributed by atoms with Crippen LogP contribution in [-0.4, -0.2) is 0 Å². The molecule has 0 heterocycles. The summed E-state index contributed by atoms with van der Waals surface area (Å²) < 4.78 is 0. The maximum absolute atomic E-state index is 2.36. The van der Waals surface area contributed by atoms with E-state index in [1.165, 1.54) is 33.8 Å². The lowest BCUT2D eigenvalue weighted by molar-refractivity contribution is 1.21. The van der Waals surface area contributed by atoms with Crippen molar-refractivity contribution < 1.29 is 0 Å².